The topological polar surface area (TPSA) is 72.5 Å². The minimum absolute atomic E-state index is 0.0540. The lowest BCUT2D eigenvalue weighted by molar-refractivity contribution is 0.387. The SMILES string of the molecule is NC1CCCCC1N=S(=O)=O.c1ccccc1. The van der Waals surface area contributed by atoms with Gasteiger partial charge in [-0.1, -0.05) is 49.2 Å². The van der Waals surface area contributed by atoms with E-state index in [0.717, 1.165) is 25.7 Å². The van der Waals surface area contributed by atoms with Gasteiger partial charge in [-0.2, -0.15) is 12.8 Å². The van der Waals surface area contributed by atoms with Crippen LogP contribution in [-0.4, -0.2) is 20.5 Å². The molecule has 0 amide bonds. The maximum atomic E-state index is 10.2. The van der Waals surface area contributed by atoms with Gasteiger partial charge in [0.1, 0.15) is 0 Å². The molecule has 1 aliphatic carbocycles. The third kappa shape index (κ3) is 6.19. The standard InChI is InChI=1S/C6H12N2O2S.C6H6/c7-5-3-1-2-4-6(5)8-11(9)10;1-2-4-6-5-3-1/h5-6H,1-4,7H2;1-6H. The summed E-state index contributed by atoms with van der Waals surface area (Å²) in [7, 11) is -2.29. The van der Waals surface area contributed by atoms with Gasteiger partial charge in [-0.15, -0.1) is 0 Å². The van der Waals surface area contributed by atoms with Crippen LogP contribution >= 0.6 is 0 Å². The number of hydrogen-bond donors (Lipinski definition) is 1. The molecule has 1 aromatic rings. The molecule has 0 bridgehead atoms. The summed E-state index contributed by atoms with van der Waals surface area (Å²) in [4.78, 5) is 0. The molecule has 17 heavy (non-hydrogen) atoms. The van der Waals surface area contributed by atoms with E-state index in [4.69, 9.17) is 5.73 Å². The van der Waals surface area contributed by atoms with Gasteiger partial charge in [0, 0.05) is 6.04 Å². The fourth-order valence-corrected chi connectivity index (χ4v) is 2.25. The summed E-state index contributed by atoms with van der Waals surface area (Å²) in [6, 6.07) is 11.8. The molecule has 0 aliphatic heterocycles. The summed E-state index contributed by atoms with van der Waals surface area (Å²) in [6.45, 7) is 0. The molecule has 2 unspecified atom stereocenters. The first-order chi connectivity index (χ1) is 8.20. The van der Waals surface area contributed by atoms with Gasteiger partial charge < -0.3 is 5.73 Å². The Labute approximate surface area is 104 Å². The van der Waals surface area contributed by atoms with Crippen molar-refractivity contribution in [3.05, 3.63) is 36.4 Å². The fourth-order valence-electron chi connectivity index (χ4n) is 1.77. The molecule has 94 valence electrons. The summed E-state index contributed by atoms with van der Waals surface area (Å²) in [5.41, 5.74) is 5.66. The van der Waals surface area contributed by atoms with Crippen molar-refractivity contribution in [1.29, 1.82) is 0 Å². The van der Waals surface area contributed by atoms with Crippen LogP contribution in [0.25, 0.3) is 0 Å². The van der Waals surface area contributed by atoms with Crippen LogP contribution in [0, 0.1) is 0 Å². The quantitative estimate of drug-likeness (QED) is 0.833. The molecule has 1 saturated carbocycles. The van der Waals surface area contributed by atoms with E-state index in [2.05, 4.69) is 4.36 Å². The van der Waals surface area contributed by atoms with Crippen molar-refractivity contribution in [2.75, 3.05) is 0 Å². The summed E-state index contributed by atoms with van der Waals surface area (Å²) in [6.07, 6.45) is 3.85. The van der Waals surface area contributed by atoms with Gasteiger partial charge in [0.2, 0.25) is 0 Å². The van der Waals surface area contributed by atoms with E-state index in [1.807, 2.05) is 36.4 Å². The molecule has 2 N–H and O–H groups in total. The van der Waals surface area contributed by atoms with Gasteiger partial charge in [0.15, 0.2) is 0 Å². The van der Waals surface area contributed by atoms with Gasteiger partial charge in [0.05, 0.1) is 6.04 Å². The third-order valence-electron chi connectivity index (χ3n) is 2.67. The van der Waals surface area contributed by atoms with Crippen LogP contribution in [0.15, 0.2) is 40.8 Å². The molecule has 0 spiro atoms. The van der Waals surface area contributed by atoms with Crippen molar-refractivity contribution in [2.24, 2.45) is 10.1 Å². The average Bonchev–Trinajstić information content (AvgIpc) is 2.35. The molecule has 5 heteroatoms. The molecule has 0 aromatic heterocycles. The van der Waals surface area contributed by atoms with Crippen molar-refractivity contribution in [1.82, 2.24) is 0 Å². The zero-order chi connectivity index (χ0) is 12.5. The van der Waals surface area contributed by atoms with E-state index in [1.165, 1.54) is 0 Å². The molecule has 0 radical (unpaired) electrons. The Balaban J connectivity index is 0.000000202. The smallest absolute Gasteiger partial charge is 0.311 e. The summed E-state index contributed by atoms with van der Waals surface area (Å²) >= 11 is 0. The van der Waals surface area contributed by atoms with Gasteiger partial charge in [-0.25, -0.2) is 0 Å². The second-order valence-corrected chi connectivity index (χ2v) is 4.64. The zero-order valence-electron chi connectivity index (χ0n) is 9.70. The molecule has 2 rings (SSSR count). The Morgan fingerprint density at radius 3 is 1.82 bits per heavy atom. The number of nitrogens with two attached hydrogens (primary N) is 1. The monoisotopic (exact) mass is 254 g/mol. The molecule has 1 fully saturated rings. The first-order valence-corrected chi connectivity index (χ1v) is 6.79. The minimum Gasteiger partial charge on any atom is -0.326 e. The van der Waals surface area contributed by atoms with Crippen molar-refractivity contribution < 1.29 is 8.42 Å². The molecule has 4 nitrogen and oxygen atoms in total. The normalized spacial score (nSPS) is 23.1. The number of benzene rings is 1. The van der Waals surface area contributed by atoms with E-state index >= 15 is 0 Å². The van der Waals surface area contributed by atoms with Gasteiger partial charge >= 0.3 is 10.5 Å². The fraction of sp³-hybridized carbons (Fsp3) is 0.500. The molecular weight excluding hydrogens is 236 g/mol. The third-order valence-corrected chi connectivity index (χ3v) is 3.11. The van der Waals surface area contributed by atoms with E-state index in [-0.39, 0.29) is 12.1 Å². The number of nitrogens with zero attached hydrogens (tertiary/aromatic N) is 1. The second kappa shape index (κ2) is 7.97. The molecular formula is C12H18N2O2S. The van der Waals surface area contributed by atoms with Gasteiger partial charge in [-0.3, -0.25) is 0 Å². The molecule has 2 atom stereocenters. The summed E-state index contributed by atoms with van der Waals surface area (Å²) < 4.78 is 23.9. The lowest BCUT2D eigenvalue weighted by Gasteiger charge is -2.23. The lowest BCUT2D eigenvalue weighted by atomic mass is 9.92. The largest absolute Gasteiger partial charge is 0.326 e. The van der Waals surface area contributed by atoms with Crippen molar-refractivity contribution >= 4 is 10.5 Å². The van der Waals surface area contributed by atoms with Gasteiger partial charge in [0.25, 0.3) is 0 Å². The van der Waals surface area contributed by atoms with Crippen LogP contribution in [0.3, 0.4) is 0 Å². The van der Waals surface area contributed by atoms with Gasteiger partial charge in [-0.05, 0) is 12.8 Å². The van der Waals surface area contributed by atoms with Crippen molar-refractivity contribution in [3.63, 3.8) is 0 Å². The van der Waals surface area contributed by atoms with E-state index in [0.29, 0.717) is 0 Å². The van der Waals surface area contributed by atoms with Crippen LogP contribution in [0.4, 0.5) is 0 Å². The summed E-state index contributed by atoms with van der Waals surface area (Å²) in [5.74, 6) is 0. The predicted molar refractivity (Wildman–Crippen MR) is 68.0 cm³/mol. The Morgan fingerprint density at radius 1 is 0.941 bits per heavy atom. The highest BCUT2D eigenvalue weighted by Gasteiger charge is 2.21. The lowest BCUT2D eigenvalue weighted by Crippen LogP contribution is -2.35. The van der Waals surface area contributed by atoms with Crippen molar-refractivity contribution in [2.45, 2.75) is 37.8 Å². The molecule has 1 aliphatic rings. The van der Waals surface area contributed by atoms with E-state index in [9.17, 15) is 8.42 Å². The Bertz CT molecular complexity index is 396. The first kappa shape index (κ1) is 13.9. The van der Waals surface area contributed by atoms with Crippen LogP contribution < -0.4 is 5.73 Å². The zero-order valence-corrected chi connectivity index (χ0v) is 10.5. The molecule has 1 aromatic carbocycles. The van der Waals surface area contributed by atoms with Crippen LogP contribution in [-0.2, 0) is 10.5 Å². The number of hydrogen-bond acceptors (Lipinski definition) is 4. The highest BCUT2D eigenvalue weighted by Crippen LogP contribution is 2.19. The first-order valence-electron chi connectivity index (χ1n) is 5.76. The molecule has 0 saturated heterocycles. The maximum Gasteiger partial charge on any atom is 0.311 e. The van der Waals surface area contributed by atoms with Crippen LogP contribution in [0.1, 0.15) is 25.7 Å². The second-order valence-electron chi connectivity index (χ2n) is 3.99. The Kier molecular flexibility index (Phi) is 6.50. The average molecular weight is 254 g/mol. The summed E-state index contributed by atoms with van der Waals surface area (Å²) in [5, 5.41) is 0. The minimum atomic E-state index is -2.29. The number of rotatable bonds is 1. The van der Waals surface area contributed by atoms with Crippen LogP contribution in [0.2, 0.25) is 0 Å². The molecule has 0 heterocycles. The highest BCUT2D eigenvalue weighted by atomic mass is 32.2. The van der Waals surface area contributed by atoms with E-state index < -0.39 is 10.5 Å². The van der Waals surface area contributed by atoms with E-state index in [1.54, 1.807) is 0 Å². The maximum absolute atomic E-state index is 10.2. The Hall–Kier alpha value is -1.20. The highest BCUT2D eigenvalue weighted by molar-refractivity contribution is 7.61. The van der Waals surface area contributed by atoms with Crippen molar-refractivity contribution in [3.8, 4) is 0 Å². The predicted octanol–water partition coefficient (Wildman–Crippen LogP) is 2.01. The Morgan fingerprint density at radius 2 is 1.41 bits per heavy atom. The van der Waals surface area contributed by atoms with Crippen LogP contribution in [0.5, 0.6) is 0 Å².